The first-order chi connectivity index (χ1) is 16.5. The number of ether oxygens (including phenoxy) is 1. The average molecular weight is 478 g/mol. The van der Waals surface area contributed by atoms with E-state index in [1.54, 1.807) is 0 Å². The normalized spacial score (nSPS) is 15.9. The van der Waals surface area contributed by atoms with Crippen LogP contribution in [0.2, 0.25) is 0 Å². The highest BCUT2D eigenvalue weighted by Crippen LogP contribution is 2.44. The molecule has 0 unspecified atom stereocenters. The van der Waals surface area contributed by atoms with Crippen LogP contribution in [0, 0.1) is 0 Å². The van der Waals surface area contributed by atoms with Gasteiger partial charge in [-0.25, -0.2) is 14.6 Å². The van der Waals surface area contributed by atoms with Gasteiger partial charge in [-0.3, -0.25) is 10.1 Å². The molecule has 3 N–H and O–H groups in total. The molecule has 34 heavy (non-hydrogen) atoms. The monoisotopic (exact) mass is 477 g/mol. The van der Waals surface area contributed by atoms with E-state index in [0.29, 0.717) is 12.8 Å². The van der Waals surface area contributed by atoms with E-state index in [1.807, 2.05) is 36.4 Å². The van der Waals surface area contributed by atoms with E-state index >= 15 is 0 Å². The van der Waals surface area contributed by atoms with Gasteiger partial charge >= 0.3 is 12.1 Å². The maximum atomic E-state index is 12.6. The van der Waals surface area contributed by atoms with Crippen molar-refractivity contribution >= 4 is 34.4 Å². The highest BCUT2D eigenvalue weighted by Gasteiger charge is 2.43. The first kappa shape index (κ1) is 22.1. The third-order valence-corrected chi connectivity index (χ3v) is 7.27. The van der Waals surface area contributed by atoms with Crippen molar-refractivity contribution in [2.75, 3.05) is 11.9 Å². The SMILES string of the molecule is O=C(Nc1nc(C(=O)NC2(C(=O)O)CCCC2)cs1)OCC1c2ccccc2-c2ccccc21. The van der Waals surface area contributed by atoms with Crippen molar-refractivity contribution in [3.05, 3.63) is 70.7 Å². The zero-order chi connectivity index (χ0) is 23.7. The first-order valence-corrected chi connectivity index (χ1v) is 12.0. The Morgan fingerprint density at radius 2 is 1.65 bits per heavy atom. The number of anilines is 1. The number of hydrogen-bond donors (Lipinski definition) is 3. The molecular formula is C25H23N3O5S. The molecule has 0 radical (unpaired) electrons. The number of hydrogen-bond acceptors (Lipinski definition) is 6. The van der Waals surface area contributed by atoms with Gasteiger partial charge < -0.3 is 15.2 Å². The minimum absolute atomic E-state index is 0.0607. The Kier molecular flexibility index (Phi) is 5.79. The van der Waals surface area contributed by atoms with Crippen molar-refractivity contribution in [3.63, 3.8) is 0 Å². The average Bonchev–Trinajstić information content (AvgIpc) is 3.56. The van der Waals surface area contributed by atoms with Gasteiger partial charge in [0.1, 0.15) is 17.8 Å². The van der Waals surface area contributed by atoms with Crippen LogP contribution in [-0.4, -0.2) is 40.2 Å². The molecule has 2 aliphatic carbocycles. The van der Waals surface area contributed by atoms with E-state index < -0.39 is 23.5 Å². The molecule has 1 fully saturated rings. The topological polar surface area (TPSA) is 118 Å². The van der Waals surface area contributed by atoms with E-state index in [1.165, 1.54) is 5.38 Å². The van der Waals surface area contributed by atoms with Crippen molar-refractivity contribution in [2.24, 2.45) is 0 Å². The summed E-state index contributed by atoms with van der Waals surface area (Å²) in [5, 5.41) is 16.4. The van der Waals surface area contributed by atoms with Crippen LogP contribution in [0.1, 0.15) is 53.2 Å². The fourth-order valence-electron chi connectivity index (χ4n) is 4.81. The molecule has 0 spiro atoms. The van der Waals surface area contributed by atoms with Gasteiger partial charge in [0.05, 0.1) is 0 Å². The van der Waals surface area contributed by atoms with Gasteiger partial charge in [0, 0.05) is 11.3 Å². The smallest absolute Gasteiger partial charge is 0.413 e. The lowest BCUT2D eigenvalue weighted by Gasteiger charge is -2.24. The number of fused-ring (bicyclic) bond motifs is 3. The van der Waals surface area contributed by atoms with Gasteiger partial charge in [0.2, 0.25) is 0 Å². The minimum atomic E-state index is -1.25. The summed E-state index contributed by atoms with van der Waals surface area (Å²) in [5.74, 6) is -1.67. The van der Waals surface area contributed by atoms with Crippen molar-refractivity contribution < 1.29 is 24.2 Å². The molecule has 9 heteroatoms. The quantitative estimate of drug-likeness (QED) is 0.476. The van der Waals surface area contributed by atoms with Crippen molar-refractivity contribution in [1.29, 1.82) is 0 Å². The molecule has 0 atom stereocenters. The molecule has 0 bridgehead atoms. The Morgan fingerprint density at radius 1 is 1.03 bits per heavy atom. The number of carbonyl (C=O) groups is 3. The zero-order valence-corrected chi connectivity index (χ0v) is 19.1. The lowest BCUT2D eigenvalue weighted by molar-refractivity contribution is -0.144. The molecular weight excluding hydrogens is 454 g/mol. The summed E-state index contributed by atoms with van der Waals surface area (Å²) in [6.45, 7) is 0.166. The second-order valence-electron chi connectivity index (χ2n) is 8.54. The van der Waals surface area contributed by atoms with Crippen LogP contribution in [0.5, 0.6) is 0 Å². The Labute approximate surface area is 200 Å². The molecule has 3 aromatic rings. The van der Waals surface area contributed by atoms with Gasteiger partial charge in [-0.05, 0) is 35.1 Å². The standard InChI is InChI=1S/C25H23N3O5S/c29-21(28-25(22(30)31)11-5-6-12-25)20-14-34-23(26-20)27-24(32)33-13-19-17-9-3-1-7-15(17)16-8-2-4-10-18(16)19/h1-4,7-10,14,19H,5-6,11-13H2,(H,28,29)(H,30,31)(H,26,27,32). The van der Waals surface area contributed by atoms with E-state index in [2.05, 4.69) is 27.8 Å². The molecule has 2 aliphatic rings. The Bertz CT molecular complexity index is 1220. The second kappa shape index (κ2) is 8.90. The number of carbonyl (C=O) groups excluding carboxylic acids is 2. The predicted octanol–water partition coefficient (Wildman–Crippen LogP) is 4.63. The molecule has 2 aromatic carbocycles. The molecule has 1 aromatic heterocycles. The van der Waals surface area contributed by atoms with Crippen LogP contribution in [0.15, 0.2) is 53.9 Å². The largest absolute Gasteiger partial charge is 0.480 e. The molecule has 1 heterocycles. The van der Waals surface area contributed by atoms with Gasteiger partial charge in [-0.15, -0.1) is 11.3 Å². The summed E-state index contributed by atoms with van der Waals surface area (Å²) < 4.78 is 5.51. The van der Waals surface area contributed by atoms with Crippen LogP contribution < -0.4 is 10.6 Å². The number of aliphatic carboxylic acids is 1. The first-order valence-electron chi connectivity index (χ1n) is 11.1. The number of carboxylic acid groups (broad SMARTS) is 1. The number of amides is 2. The van der Waals surface area contributed by atoms with E-state index in [0.717, 1.165) is 46.4 Å². The van der Waals surface area contributed by atoms with E-state index in [9.17, 15) is 19.5 Å². The number of benzene rings is 2. The zero-order valence-electron chi connectivity index (χ0n) is 18.2. The number of aromatic nitrogens is 1. The summed E-state index contributed by atoms with van der Waals surface area (Å²) in [5.41, 5.74) is 3.33. The Balaban J connectivity index is 1.21. The van der Waals surface area contributed by atoms with Crippen molar-refractivity contribution in [2.45, 2.75) is 37.1 Å². The molecule has 174 valence electrons. The van der Waals surface area contributed by atoms with Crippen LogP contribution in [0.4, 0.5) is 9.93 Å². The third-order valence-electron chi connectivity index (χ3n) is 6.51. The lowest BCUT2D eigenvalue weighted by Crippen LogP contribution is -2.52. The number of nitrogens with zero attached hydrogens (tertiary/aromatic N) is 1. The van der Waals surface area contributed by atoms with Crippen LogP contribution in [0.3, 0.4) is 0 Å². The summed E-state index contributed by atoms with van der Waals surface area (Å²) in [6, 6.07) is 16.1. The predicted molar refractivity (Wildman–Crippen MR) is 127 cm³/mol. The van der Waals surface area contributed by atoms with E-state index in [4.69, 9.17) is 4.74 Å². The number of thiazole rings is 1. The fourth-order valence-corrected chi connectivity index (χ4v) is 5.49. The Hall–Kier alpha value is -3.72. The van der Waals surface area contributed by atoms with Crippen LogP contribution >= 0.6 is 11.3 Å². The van der Waals surface area contributed by atoms with Crippen molar-refractivity contribution in [1.82, 2.24) is 10.3 Å². The summed E-state index contributed by atoms with van der Waals surface area (Å²) >= 11 is 1.08. The van der Waals surface area contributed by atoms with Gasteiger partial charge in [-0.2, -0.15) is 0 Å². The minimum Gasteiger partial charge on any atom is -0.480 e. The molecule has 2 amide bonds. The summed E-state index contributed by atoms with van der Waals surface area (Å²) in [7, 11) is 0. The molecule has 1 saturated carbocycles. The molecule has 5 rings (SSSR count). The summed E-state index contributed by atoms with van der Waals surface area (Å²) in [6.07, 6.45) is 1.61. The van der Waals surface area contributed by atoms with Crippen LogP contribution in [-0.2, 0) is 9.53 Å². The Morgan fingerprint density at radius 3 is 2.26 bits per heavy atom. The maximum Gasteiger partial charge on any atom is 0.413 e. The van der Waals surface area contributed by atoms with Gasteiger partial charge in [-0.1, -0.05) is 61.4 Å². The van der Waals surface area contributed by atoms with E-state index in [-0.39, 0.29) is 23.4 Å². The highest BCUT2D eigenvalue weighted by molar-refractivity contribution is 7.14. The van der Waals surface area contributed by atoms with Crippen LogP contribution in [0.25, 0.3) is 11.1 Å². The third kappa shape index (κ3) is 4.03. The fraction of sp³-hybridized carbons (Fsp3) is 0.280. The molecule has 8 nitrogen and oxygen atoms in total. The maximum absolute atomic E-state index is 12.6. The highest BCUT2D eigenvalue weighted by atomic mass is 32.1. The molecule has 0 saturated heterocycles. The lowest BCUT2D eigenvalue weighted by atomic mass is 9.98. The molecule has 0 aliphatic heterocycles. The number of carboxylic acids is 1. The summed E-state index contributed by atoms with van der Waals surface area (Å²) in [4.78, 5) is 40.8. The van der Waals surface area contributed by atoms with Gasteiger partial charge in [0.15, 0.2) is 5.13 Å². The number of rotatable bonds is 6. The second-order valence-corrected chi connectivity index (χ2v) is 9.40. The van der Waals surface area contributed by atoms with Crippen molar-refractivity contribution in [3.8, 4) is 11.1 Å². The number of nitrogens with one attached hydrogen (secondary N) is 2. The van der Waals surface area contributed by atoms with Gasteiger partial charge in [0.25, 0.3) is 5.91 Å².